The van der Waals surface area contributed by atoms with Crippen molar-refractivity contribution in [2.24, 2.45) is 0 Å². The van der Waals surface area contributed by atoms with Crippen LogP contribution in [-0.2, 0) is 11.3 Å². The third-order valence-corrected chi connectivity index (χ3v) is 2.63. The third kappa shape index (κ3) is 5.28. The fourth-order valence-corrected chi connectivity index (χ4v) is 1.51. The number of benzene rings is 1. The van der Waals surface area contributed by atoms with Gasteiger partial charge >= 0.3 is 0 Å². The molecule has 0 aliphatic carbocycles. The molecule has 0 aromatic heterocycles. The van der Waals surface area contributed by atoms with E-state index in [1.54, 1.807) is 0 Å². The first kappa shape index (κ1) is 13.2. The summed E-state index contributed by atoms with van der Waals surface area (Å²) in [6.45, 7) is 3.87. The summed E-state index contributed by atoms with van der Waals surface area (Å²) < 4.78 is 1.07. The molecular weight excluding hydrogens is 268 g/mol. The molecule has 0 saturated carbocycles. The maximum absolute atomic E-state index is 11.3. The summed E-state index contributed by atoms with van der Waals surface area (Å²) >= 11 is 3.38. The number of nitrogens with one attached hydrogen (secondary N) is 2. The average Bonchev–Trinajstić information content (AvgIpc) is 2.29. The smallest absolute Gasteiger partial charge is 0.233 e. The van der Waals surface area contributed by atoms with E-state index in [0.29, 0.717) is 13.1 Å². The van der Waals surface area contributed by atoms with E-state index in [2.05, 4.69) is 26.6 Å². The van der Waals surface area contributed by atoms with Crippen molar-refractivity contribution in [2.75, 3.05) is 13.1 Å². The summed E-state index contributed by atoms with van der Waals surface area (Å²) in [5.74, 6) is 0.0546. The Hall–Kier alpha value is -0.870. The Kier molecular flexibility index (Phi) is 6.11. The van der Waals surface area contributed by atoms with Gasteiger partial charge < -0.3 is 10.6 Å². The fraction of sp³-hybridized carbons (Fsp3) is 0.417. The van der Waals surface area contributed by atoms with Gasteiger partial charge in [-0.25, -0.2) is 0 Å². The van der Waals surface area contributed by atoms with Gasteiger partial charge in [-0.2, -0.15) is 0 Å². The predicted octanol–water partition coefficient (Wildman–Crippen LogP) is 2.06. The van der Waals surface area contributed by atoms with Gasteiger partial charge in [-0.05, 0) is 24.1 Å². The van der Waals surface area contributed by atoms with Crippen LogP contribution < -0.4 is 10.6 Å². The van der Waals surface area contributed by atoms with Crippen LogP contribution >= 0.6 is 15.9 Å². The number of carbonyl (C=O) groups is 1. The number of amides is 1. The molecule has 0 aliphatic heterocycles. The first-order valence-corrected chi connectivity index (χ1v) is 6.23. The van der Waals surface area contributed by atoms with Crippen LogP contribution in [0.1, 0.15) is 18.9 Å². The molecule has 1 amide bonds. The monoisotopic (exact) mass is 284 g/mol. The summed E-state index contributed by atoms with van der Waals surface area (Å²) in [6.07, 6.45) is 0.971. The standard InChI is InChI=1S/C12H17BrN2O/c1-2-7-15-12(16)9-14-8-10-3-5-11(13)6-4-10/h3-6,14H,2,7-9H2,1H3,(H,15,16). The van der Waals surface area contributed by atoms with Crippen LogP contribution in [0.15, 0.2) is 28.7 Å². The van der Waals surface area contributed by atoms with Gasteiger partial charge in [0.15, 0.2) is 0 Å². The van der Waals surface area contributed by atoms with E-state index in [1.165, 1.54) is 5.56 Å². The van der Waals surface area contributed by atoms with Crippen molar-refractivity contribution in [2.45, 2.75) is 19.9 Å². The molecule has 88 valence electrons. The zero-order valence-corrected chi connectivity index (χ0v) is 11.0. The van der Waals surface area contributed by atoms with Gasteiger partial charge in [-0.1, -0.05) is 35.0 Å². The van der Waals surface area contributed by atoms with Crippen LogP contribution in [-0.4, -0.2) is 19.0 Å². The minimum Gasteiger partial charge on any atom is -0.355 e. The second-order valence-electron chi connectivity index (χ2n) is 3.58. The van der Waals surface area contributed by atoms with E-state index < -0.39 is 0 Å². The van der Waals surface area contributed by atoms with Gasteiger partial charge in [0.1, 0.15) is 0 Å². The highest BCUT2D eigenvalue weighted by Crippen LogP contribution is 2.09. The number of halogens is 1. The zero-order chi connectivity index (χ0) is 11.8. The largest absolute Gasteiger partial charge is 0.355 e. The lowest BCUT2D eigenvalue weighted by Gasteiger charge is -2.05. The topological polar surface area (TPSA) is 41.1 Å². The van der Waals surface area contributed by atoms with Gasteiger partial charge in [0.05, 0.1) is 6.54 Å². The van der Waals surface area contributed by atoms with Crippen molar-refractivity contribution in [1.82, 2.24) is 10.6 Å². The highest BCUT2D eigenvalue weighted by Gasteiger charge is 1.99. The average molecular weight is 285 g/mol. The van der Waals surface area contributed by atoms with E-state index in [-0.39, 0.29) is 5.91 Å². The highest BCUT2D eigenvalue weighted by molar-refractivity contribution is 9.10. The van der Waals surface area contributed by atoms with Crippen molar-refractivity contribution < 1.29 is 4.79 Å². The van der Waals surface area contributed by atoms with Crippen molar-refractivity contribution in [3.05, 3.63) is 34.3 Å². The number of hydrogen-bond donors (Lipinski definition) is 2. The molecule has 4 heteroatoms. The molecule has 3 nitrogen and oxygen atoms in total. The molecule has 0 atom stereocenters. The SMILES string of the molecule is CCCNC(=O)CNCc1ccc(Br)cc1. The summed E-state index contributed by atoms with van der Waals surface area (Å²) in [7, 11) is 0. The lowest BCUT2D eigenvalue weighted by Crippen LogP contribution is -2.33. The number of rotatable bonds is 6. The molecule has 0 fully saturated rings. The van der Waals surface area contributed by atoms with Crippen molar-refractivity contribution in [3.63, 3.8) is 0 Å². The predicted molar refractivity (Wildman–Crippen MR) is 69.1 cm³/mol. The van der Waals surface area contributed by atoms with Crippen LogP contribution in [0.4, 0.5) is 0 Å². The van der Waals surface area contributed by atoms with E-state index in [1.807, 2.05) is 31.2 Å². The molecule has 0 unspecified atom stereocenters. The minimum absolute atomic E-state index is 0.0546. The fourth-order valence-electron chi connectivity index (χ4n) is 1.25. The second kappa shape index (κ2) is 7.41. The van der Waals surface area contributed by atoms with E-state index >= 15 is 0 Å². The number of hydrogen-bond acceptors (Lipinski definition) is 2. The Balaban J connectivity index is 2.20. The molecule has 2 N–H and O–H groups in total. The van der Waals surface area contributed by atoms with Gasteiger partial charge in [-0.3, -0.25) is 4.79 Å². The zero-order valence-electron chi connectivity index (χ0n) is 9.42. The van der Waals surface area contributed by atoms with Crippen LogP contribution in [0.2, 0.25) is 0 Å². The van der Waals surface area contributed by atoms with Crippen molar-refractivity contribution >= 4 is 21.8 Å². The van der Waals surface area contributed by atoms with Crippen molar-refractivity contribution in [1.29, 1.82) is 0 Å². The molecular formula is C12H17BrN2O. The van der Waals surface area contributed by atoms with Gasteiger partial charge in [0.25, 0.3) is 0 Å². The molecule has 1 rings (SSSR count). The Labute approximate surface area is 105 Å². The first-order valence-electron chi connectivity index (χ1n) is 5.44. The lowest BCUT2D eigenvalue weighted by atomic mass is 10.2. The normalized spacial score (nSPS) is 10.1. The van der Waals surface area contributed by atoms with E-state index in [9.17, 15) is 4.79 Å². The molecule has 0 bridgehead atoms. The second-order valence-corrected chi connectivity index (χ2v) is 4.50. The Morgan fingerprint density at radius 1 is 1.31 bits per heavy atom. The Morgan fingerprint density at radius 3 is 2.62 bits per heavy atom. The molecule has 16 heavy (non-hydrogen) atoms. The quantitative estimate of drug-likeness (QED) is 0.840. The summed E-state index contributed by atoms with van der Waals surface area (Å²) in [5, 5.41) is 5.92. The minimum atomic E-state index is 0.0546. The first-order chi connectivity index (χ1) is 7.72. The van der Waals surface area contributed by atoms with Gasteiger partial charge in [0, 0.05) is 17.6 Å². The molecule has 0 saturated heterocycles. The van der Waals surface area contributed by atoms with E-state index in [4.69, 9.17) is 0 Å². The molecule has 0 spiro atoms. The molecule has 0 aliphatic rings. The van der Waals surface area contributed by atoms with Gasteiger partial charge in [0.2, 0.25) is 5.91 Å². The number of carbonyl (C=O) groups excluding carboxylic acids is 1. The Bertz CT molecular complexity index is 324. The van der Waals surface area contributed by atoms with E-state index in [0.717, 1.165) is 17.4 Å². The van der Waals surface area contributed by atoms with Crippen LogP contribution in [0.25, 0.3) is 0 Å². The Morgan fingerprint density at radius 2 is 2.00 bits per heavy atom. The summed E-state index contributed by atoms with van der Waals surface area (Å²) in [6, 6.07) is 8.05. The summed E-state index contributed by atoms with van der Waals surface area (Å²) in [4.78, 5) is 11.3. The molecule has 0 heterocycles. The maximum Gasteiger partial charge on any atom is 0.233 e. The lowest BCUT2D eigenvalue weighted by molar-refractivity contribution is -0.120. The third-order valence-electron chi connectivity index (χ3n) is 2.10. The molecule has 1 aromatic carbocycles. The van der Waals surface area contributed by atoms with Crippen molar-refractivity contribution in [3.8, 4) is 0 Å². The summed E-state index contributed by atoms with van der Waals surface area (Å²) in [5.41, 5.74) is 1.17. The molecule has 0 radical (unpaired) electrons. The van der Waals surface area contributed by atoms with Crippen LogP contribution in [0, 0.1) is 0 Å². The van der Waals surface area contributed by atoms with Crippen LogP contribution in [0.5, 0.6) is 0 Å². The van der Waals surface area contributed by atoms with Crippen LogP contribution in [0.3, 0.4) is 0 Å². The molecule has 1 aromatic rings. The van der Waals surface area contributed by atoms with Gasteiger partial charge in [-0.15, -0.1) is 0 Å². The highest BCUT2D eigenvalue weighted by atomic mass is 79.9. The maximum atomic E-state index is 11.3.